The first-order valence-corrected chi connectivity index (χ1v) is 6.80. The van der Waals surface area contributed by atoms with Crippen molar-refractivity contribution in [3.05, 3.63) is 47.5 Å². The number of aromatic carboxylic acids is 1. The van der Waals surface area contributed by atoms with E-state index >= 15 is 0 Å². The van der Waals surface area contributed by atoms with Crippen molar-refractivity contribution in [2.45, 2.75) is 6.92 Å². The maximum atomic E-state index is 11.0. The number of carboxylic acid groups (broad SMARTS) is 1. The number of hydrogen-bond donors (Lipinski definition) is 2. The van der Waals surface area contributed by atoms with Gasteiger partial charge in [-0.2, -0.15) is 0 Å². The molecule has 2 N–H and O–H groups in total. The lowest BCUT2D eigenvalue weighted by Gasteiger charge is -1.97. The second-order valence-electron chi connectivity index (χ2n) is 4.53. The lowest BCUT2D eigenvalue weighted by molar-refractivity contribution is 0.0694. The Kier molecular flexibility index (Phi) is 2.91. The quantitative estimate of drug-likeness (QED) is 0.753. The standard InChI is InChI=1S/C15H11NO3S/c1-8-2-4-9(5-3-8)14-16-11-6-10(15(18)19)12(17)7-13(11)20-14/h2-7,17H,1H3,(H,18,19). The average molecular weight is 285 g/mol. The zero-order valence-corrected chi connectivity index (χ0v) is 11.4. The molecule has 0 bridgehead atoms. The second kappa shape index (κ2) is 4.61. The molecule has 1 heterocycles. The minimum Gasteiger partial charge on any atom is -0.507 e. The van der Waals surface area contributed by atoms with E-state index in [4.69, 9.17) is 5.11 Å². The summed E-state index contributed by atoms with van der Waals surface area (Å²) in [5.41, 5.74) is 2.60. The van der Waals surface area contributed by atoms with Crippen molar-refractivity contribution in [1.29, 1.82) is 0 Å². The predicted octanol–water partition coefficient (Wildman–Crippen LogP) is 3.68. The van der Waals surface area contributed by atoms with Gasteiger partial charge in [-0.25, -0.2) is 9.78 Å². The van der Waals surface area contributed by atoms with Gasteiger partial charge in [-0.1, -0.05) is 29.8 Å². The van der Waals surface area contributed by atoms with E-state index < -0.39 is 5.97 Å². The zero-order valence-electron chi connectivity index (χ0n) is 10.6. The Balaban J connectivity index is 2.15. The molecule has 0 aliphatic rings. The molecule has 100 valence electrons. The van der Waals surface area contributed by atoms with E-state index in [1.807, 2.05) is 31.2 Å². The highest BCUT2D eigenvalue weighted by molar-refractivity contribution is 7.21. The highest BCUT2D eigenvalue weighted by Gasteiger charge is 2.14. The van der Waals surface area contributed by atoms with Crippen molar-refractivity contribution in [2.24, 2.45) is 0 Å². The molecule has 0 atom stereocenters. The van der Waals surface area contributed by atoms with Crippen LogP contribution in [-0.4, -0.2) is 21.2 Å². The number of fused-ring (bicyclic) bond motifs is 1. The SMILES string of the molecule is Cc1ccc(-c2nc3cc(C(=O)O)c(O)cc3s2)cc1. The van der Waals surface area contributed by atoms with Crippen LogP contribution in [0.3, 0.4) is 0 Å². The molecule has 3 rings (SSSR count). The third kappa shape index (κ3) is 2.12. The van der Waals surface area contributed by atoms with Crippen molar-refractivity contribution in [2.75, 3.05) is 0 Å². The van der Waals surface area contributed by atoms with Gasteiger partial charge in [-0.05, 0) is 13.0 Å². The highest BCUT2D eigenvalue weighted by Crippen LogP contribution is 2.33. The summed E-state index contributed by atoms with van der Waals surface area (Å²) in [4.78, 5) is 15.4. The first-order chi connectivity index (χ1) is 9.54. The summed E-state index contributed by atoms with van der Waals surface area (Å²) in [6, 6.07) is 10.8. The molecule has 0 amide bonds. The average Bonchev–Trinajstić information content (AvgIpc) is 2.81. The van der Waals surface area contributed by atoms with Gasteiger partial charge in [0.2, 0.25) is 0 Å². The van der Waals surface area contributed by atoms with Crippen LogP contribution in [0.4, 0.5) is 0 Å². The Morgan fingerprint density at radius 2 is 1.90 bits per heavy atom. The molecular formula is C15H11NO3S. The van der Waals surface area contributed by atoms with E-state index in [9.17, 15) is 9.90 Å². The lowest BCUT2D eigenvalue weighted by atomic mass is 10.1. The third-order valence-corrected chi connectivity index (χ3v) is 4.10. The molecule has 4 nitrogen and oxygen atoms in total. The lowest BCUT2D eigenvalue weighted by Crippen LogP contribution is -1.96. The fourth-order valence-electron chi connectivity index (χ4n) is 1.95. The summed E-state index contributed by atoms with van der Waals surface area (Å²) >= 11 is 1.43. The maximum absolute atomic E-state index is 11.0. The number of aryl methyl sites for hydroxylation is 1. The van der Waals surface area contributed by atoms with Gasteiger partial charge in [-0.3, -0.25) is 0 Å². The minimum absolute atomic E-state index is 0.127. The van der Waals surface area contributed by atoms with Gasteiger partial charge >= 0.3 is 5.97 Å². The molecule has 0 spiro atoms. The summed E-state index contributed by atoms with van der Waals surface area (Å²) in [5, 5.41) is 19.5. The Morgan fingerprint density at radius 1 is 1.20 bits per heavy atom. The molecule has 0 radical (unpaired) electrons. The number of carbonyl (C=O) groups is 1. The van der Waals surface area contributed by atoms with Gasteiger partial charge in [0.25, 0.3) is 0 Å². The van der Waals surface area contributed by atoms with Crippen molar-refractivity contribution >= 4 is 27.5 Å². The van der Waals surface area contributed by atoms with Gasteiger partial charge in [-0.15, -0.1) is 11.3 Å². The van der Waals surface area contributed by atoms with Gasteiger partial charge in [0.05, 0.1) is 10.2 Å². The molecule has 0 fully saturated rings. The van der Waals surface area contributed by atoms with Crippen molar-refractivity contribution < 1.29 is 15.0 Å². The number of nitrogens with zero attached hydrogens (tertiary/aromatic N) is 1. The predicted molar refractivity (Wildman–Crippen MR) is 78.4 cm³/mol. The monoisotopic (exact) mass is 285 g/mol. The summed E-state index contributed by atoms with van der Waals surface area (Å²) in [5.74, 6) is -1.39. The third-order valence-electron chi connectivity index (χ3n) is 3.03. The number of aromatic nitrogens is 1. The van der Waals surface area contributed by atoms with E-state index in [1.54, 1.807) is 0 Å². The normalized spacial score (nSPS) is 10.8. The summed E-state index contributed by atoms with van der Waals surface area (Å²) in [6.07, 6.45) is 0. The molecule has 0 saturated carbocycles. The van der Waals surface area contributed by atoms with E-state index in [0.29, 0.717) is 5.52 Å². The van der Waals surface area contributed by atoms with E-state index in [-0.39, 0.29) is 11.3 Å². The van der Waals surface area contributed by atoms with Crippen LogP contribution >= 0.6 is 11.3 Å². The fourth-order valence-corrected chi connectivity index (χ4v) is 2.94. The van der Waals surface area contributed by atoms with Crippen LogP contribution in [0.2, 0.25) is 0 Å². The van der Waals surface area contributed by atoms with Crippen molar-refractivity contribution in [3.8, 4) is 16.3 Å². The van der Waals surface area contributed by atoms with Gasteiger partial charge in [0.1, 0.15) is 16.3 Å². The van der Waals surface area contributed by atoms with Crippen molar-refractivity contribution in [3.63, 3.8) is 0 Å². The van der Waals surface area contributed by atoms with E-state index in [0.717, 1.165) is 15.3 Å². The van der Waals surface area contributed by atoms with Gasteiger partial charge < -0.3 is 10.2 Å². The molecule has 0 aliphatic heterocycles. The Morgan fingerprint density at radius 3 is 2.55 bits per heavy atom. The molecule has 20 heavy (non-hydrogen) atoms. The smallest absolute Gasteiger partial charge is 0.339 e. The number of thiazole rings is 1. The number of aromatic hydroxyl groups is 1. The molecule has 2 aromatic carbocycles. The second-order valence-corrected chi connectivity index (χ2v) is 5.56. The van der Waals surface area contributed by atoms with E-state index in [2.05, 4.69) is 4.98 Å². The van der Waals surface area contributed by atoms with Crippen LogP contribution in [0.15, 0.2) is 36.4 Å². The number of hydrogen-bond acceptors (Lipinski definition) is 4. The molecular weight excluding hydrogens is 274 g/mol. The maximum Gasteiger partial charge on any atom is 0.339 e. The van der Waals surface area contributed by atoms with Gasteiger partial charge in [0.15, 0.2) is 0 Å². The van der Waals surface area contributed by atoms with Crippen LogP contribution in [-0.2, 0) is 0 Å². The zero-order chi connectivity index (χ0) is 14.3. The Labute approximate surface area is 119 Å². The van der Waals surface area contributed by atoms with Gasteiger partial charge in [0, 0.05) is 11.6 Å². The first-order valence-electron chi connectivity index (χ1n) is 5.98. The largest absolute Gasteiger partial charge is 0.507 e. The van der Waals surface area contributed by atoms with E-state index in [1.165, 1.54) is 29.0 Å². The summed E-state index contributed by atoms with van der Waals surface area (Å²) in [7, 11) is 0. The number of benzene rings is 2. The minimum atomic E-state index is -1.16. The number of rotatable bonds is 2. The molecule has 5 heteroatoms. The van der Waals surface area contributed by atoms with Crippen LogP contribution in [0.1, 0.15) is 15.9 Å². The molecule has 0 aliphatic carbocycles. The molecule has 3 aromatic rings. The van der Waals surface area contributed by atoms with Crippen LogP contribution in [0.5, 0.6) is 5.75 Å². The van der Waals surface area contributed by atoms with Crippen molar-refractivity contribution in [1.82, 2.24) is 4.98 Å². The highest BCUT2D eigenvalue weighted by atomic mass is 32.1. The summed E-state index contributed by atoms with van der Waals surface area (Å²) in [6.45, 7) is 2.01. The van der Waals surface area contributed by atoms with Crippen LogP contribution < -0.4 is 0 Å². The number of carboxylic acids is 1. The van der Waals surface area contributed by atoms with Crippen LogP contribution in [0, 0.1) is 6.92 Å². The Hall–Kier alpha value is -2.40. The fraction of sp³-hybridized carbons (Fsp3) is 0.0667. The molecule has 1 aromatic heterocycles. The molecule has 0 unspecified atom stereocenters. The number of phenols is 1. The topological polar surface area (TPSA) is 70.4 Å². The first kappa shape index (κ1) is 12.6. The van der Waals surface area contributed by atoms with Crippen LogP contribution in [0.25, 0.3) is 20.8 Å². The Bertz CT molecular complexity index is 806. The molecule has 0 saturated heterocycles. The summed E-state index contributed by atoms with van der Waals surface area (Å²) < 4.78 is 0.767.